The fraction of sp³-hybridized carbons (Fsp3) is 0.357. The van der Waals surface area contributed by atoms with Crippen molar-refractivity contribution in [2.45, 2.75) is 19.8 Å². The van der Waals surface area contributed by atoms with Crippen molar-refractivity contribution in [3.8, 4) is 0 Å². The number of nitrogen functional groups attached to an aromatic ring is 1. The van der Waals surface area contributed by atoms with E-state index in [0.717, 1.165) is 35.4 Å². The second kappa shape index (κ2) is 3.91. The molecule has 0 spiro atoms. The van der Waals surface area contributed by atoms with Gasteiger partial charge in [0, 0.05) is 24.2 Å². The molecular weight excluding hydrogens is 210 g/mol. The molecule has 1 aromatic carbocycles. The van der Waals surface area contributed by atoms with Gasteiger partial charge in [-0.15, -0.1) is 0 Å². The van der Waals surface area contributed by atoms with Crippen LogP contribution in [-0.2, 0) is 0 Å². The van der Waals surface area contributed by atoms with E-state index >= 15 is 0 Å². The minimum atomic E-state index is 0.872. The van der Waals surface area contributed by atoms with Crippen LogP contribution in [0.25, 0.3) is 10.9 Å². The highest BCUT2D eigenvalue weighted by atomic mass is 15.1. The van der Waals surface area contributed by atoms with Gasteiger partial charge in [-0.2, -0.15) is 0 Å². The van der Waals surface area contributed by atoms with E-state index in [1.165, 1.54) is 18.5 Å². The molecule has 2 N–H and O–H groups in total. The molecule has 2 aromatic rings. The molecule has 17 heavy (non-hydrogen) atoms. The molecule has 2 heterocycles. The largest absolute Gasteiger partial charge is 0.396 e. The van der Waals surface area contributed by atoms with E-state index in [9.17, 15) is 0 Å². The Bertz CT molecular complexity index is 557. The van der Waals surface area contributed by atoms with Gasteiger partial charge in [-0.1, -0.05) is 0 Å². The van der Waals surface area contributed by atoms with Gasteiger partial charge >= 0.3 is 0 Å². The maximum Gasteiger partial charge on any atom is 0.0727 e. The molecule has 1 aliphatic heterocycles. The Labute approximate surface area is 101 Å². The van der Waals surface area contributed by atoms with E-state index in [2.05, 4.69) is 28.1 Å². The second-order valence-corrected chi connectivity index (χ2v) is 4.71. The molecule has 1 aromatic heterocycles. The number of rotatable bonds is 1. The smallest absolute Gasteiger partial charge is 0.0727 e. The summed E-state index contributed by atoms with van der Waals surface area (Å²) in [5, 5.41) is 1.07. The predicted octanol–water partition coefficient (Wildman–Crippen LogP) is 2.73. The van der Waals surface area contributed by atoms with Crippen molar-refractivity contribution < 1.29 is 0 Å². The maximum atomic E-state index is 6.27. The SMILES string of the molecule is Cc1ccc2c(N)c(N3CCCC3)ccc2n1. The van der Waals surface area contributed by atoms with Crippen molar-refractivity contribution in [2.75, 3.05) is 23.7 Å². The van der Waals surface area contributed by atoms with Crippen LogP contribution in [0.5, 0.6) is 0 Å². The highest BCUT2D eigenvalue weighted by molar-refractivity contribution is 5.97. The number of nitrogens with zero attached hydrogens (tertiary/aromatic N) is 2. The summed E-state index contributed by atoms with van der Waals surface area (Å²) in [4.78, 5) is 6.88. The molecule has 88 valence electrons. The molecule has 0 radical (unpaired) electrons. The van der Waals surface area contributed by atoms with E-state index in [1.54, 1.807) is 0 Å². The maximum absolute atomic E-state index is 6.27. The fourth-order valence-electron chi connectivity index (χ4n) is 2.55. The first-order valence-corrected chi connectivity index (χ1v) is 6.16. The van der Waals surface area contributed by atoms with Gasteiger partial charge < -0.3 is 10.6 Å². The fourth-order valence-corrected chi connectivity index (χ4v) is 2.55. The zero-order valence-electron chi connectivity index (χ0n) is 10.1. The third kappa shape index (κ3) is 1.71. The molecule has 3 rings (SSSR count). The third-order valence-corrected chi connectivity index (χ3v) is 3.48. The van der Waals surface area contributed by atoms with E-state index < -0.39 is 0 Å². The molecule has 0 aliphatic carbocycles. The lowest BCUT2D eigenvalue weighted by atomic mass is 10.1. The van der Waals surface area contributed by atoms with E-state index in [0.29, 0.717) is 0 Å². The van der Waals surface area contributed by atoms with Crippen LogP contribution in [-0.4, -0.2) is 18.1 Å². The van der Waals surface area contributed by atoms with Crippen LogP contribution < -0.4 is 10.6 Å². The van der Waals surface area contributed by atoms with Crippen LogP contribution in [0.15, 0.2) is 24.3 Å². The molecule has 0 atom stereocenters. The molecule has 1 saturated heterocycles. The summed E-state index contributed by atoms with van der Waals surface area (Å²) in [6, 6.07) is 8.28. The highest BCUT2D eigenvalue weighted by Crippen LogP contribution is 2.32. The number of pyridine rings is 1. The first-order valence-electron chi connectivity index (χ1n) is 6.16. The van der Waals surface area contributed by atoms with Crippen LogP contribution in [0.3, 0.4) is 0 Å². The normalized spacial score (nSPS) is 15.7. The third-order valence-electron chi connectivity index (χ3n) is 3.48. The van der Waals surface area contributed by atoms with Crippen molar-refractivity contribution in [1.29, 1.82) is 0 Å². The van der Waals surface area contributed by atoms with Crippen LogP contribution in [0.1, 0.15) is 18.5 Å². The Balaban J connectivity index is 2.15. The van der Waals surface area contributed by atoms with Gasteiger partial charge in [0.2, 0.25) is 0 Å². The Morgan fingerprint density at radius 2 is 1.88 bits per heavy atom. The average Bonchev–Trinajstić information content (AvgIpc) is 2.82. The Hall–Kier alpha value is -1.77. The summed E-state index contributed by atoms with van der Waals surface area (Å²) in [5.74, 6) is 0. The summed E-state index contributed by atoms with van der Waals surface area (Å²) in [5.41, 5.74) is 10.3. The van der Waals surface area contributed by atoms with Gasteiger partial charge in [-0.25, -0.2) is 0 Å². The minimum Gasteiger partial charge on any atom is -0.396 e. The van der Waals surface area contributed by atoms with Crippen LogP contribution in [0, 0.1) is 6.92 Å². The first kappa shape index (κ1) is 10.4. The summed E-state index contributed by atoms with van der Waals surface area (Å²) < 4.78 is 0. The van der Waals surface area contributed by atoms with Gasteiger partial charge in [0.05, 0.1) is 16.9 Å². The number of benzene rings is 1. The average molecular weight is 227 g/mol. The van der Waals surface area contributed by atoms with Gasteiger partial charge in [-0.05, 0) is 44.0 Å². The molecule has 1 fully saturated rings. The van der Waals surface area contributed by atoms with Crippen molar-refractivity contribution in [2.24, 2.45) is 0 Å². The summed E-state index contributed by atoms with van der Waals surface area (Å²) in [6.07, 6.45) is 2.53. The van der Waals surface area contributed by atoms with Crippen LogP contribution in [0.2, 0.25) is 0 Å². The van der Waals surface area contributed by atoms with Crippen molar-refractivity contribution in [3.63, 3.8) is 0 Å². The number of anilines is 2. The second-order valence-electron chi connectivity index (χ2n) is 4.71. The molecule has 1 aliphatic rings. The predicted molar refractivity (Wildman–Crippen MR) is 72.3 cm³/mol. The number of hydrogen-bond acceptors (Lipinski definition) is 3. The molecule has 3 heteroatoms. The van der Waals surface area contributed by atoms with E-state index in [-0.39, 0.29) is 0 Å². The lowest BCUT2D eigenvalue weighted by Crippen LogP contribution is -2.19. The van der Waals surface area contributed by atoms with Crippen molar-refractivity contribution >= 4 is 22.3 Å². The number of nitrogens with two attached hydrogens (primary N) is 1. The van der Waals surface area contributed by atoms with Gasteiger partial charge in [0.15, 0.2) is 0 Å². The van der Waals surface area contributed by atoms with Gasteiger partial charge in [0.25, 0.3) is 0 Å². The van der Waals surface area contributed by atoms with Crippen LogP contribution >= 0.6 is 0 Å². The van der Waals surface area contributed by atoms with Crippen molar-refractivity contribution in [3.05, 3.63) is 30.0 Å². The standard InChI is InChI=1S/C14H17N3/c1-10-4-5-11-12(16-10)6-7-13(14(11)15)17-8-2-3-9-17/h4-7H,2-3,8-9,15H2,1H3. The highest BCUT2D eigenvalue weighted by Gasteiger charge is 2.16. The molecular formula is C14H17N3. The molecule has 0 amide bonds. The summed E-state index contributed by atoms with van der Waals surface area (Å²) >= 11 is 0. The summed E-state index contributed by atoms with van der Waals surface area (Å²) in [6.45, 7) is 4.24. The molecule has 3 nitrogen and oxygen atoms in total. The van der Waals surface area contributed by atoms with Crippen molar-refractivity contribution in [1.82, 2.24) is 4.98 Å². The van der Waals surface area contributed by atoms with Crippen LogP contribution in [0.4, 0.5) is 11.4 Å². The molecule has 0 unspecified atom stereocenters. The van der Waals surface area contributed by atoms with Gasteiger partial charge in [0.1, 0.15) is 0 Å². The quantitative estimate of drug-likeness (QED) is 0.762. The van der Waals surface area contributed by atoms with E-state index in [1.807, 2.05) is 13.0 Å². The first-order chi connectivity index (χ1) is 8.25. The Morgan fingerprint density at radius 1 is 1.12 bits per heavy atom. The number of aryl methyl sites for hydroxylation is 1. The molecule has 0 bridgehead atoms. The number of aromatic nitrogens is 1. The Morgan fingerprint density at radius 3 is 2.65 bits per heavy atom. The Kier molecular flexibility index (Phi) is 2.39. The minimum absolute atomic E-state index is 0.872. The van der Waals surface area contributed by atoms with E-state index in [4.69, 9.17) is 5.73 Å². The number of hydrogen-bond donors (Lipinski definition) is 1. The van der Waals surface area contributed by atoms with Gasteiger partial charge in [-0.3, -0.25) is 4.98 Å². The zero-order chi connectivity index (χ0) is 11.8. The monoisotopic (exact) mass is 227 g/mol. The molecule has 0 saturated carbocycles. The number of fused-ring (bicyclic) bond motifs is 1. The summed E-state index contributed by atoms with van der Waals surface area (Å²) in [7, 11) is 0. The lowest BCUT2D eigenvalue weighted by Gasteiger charge is -2.20. The zero-order valence-corrected chi connectivity index (χ0v) is 10.1. The topological polar surface area (TPSA) is 42.1 Å². The lowest BCUT2D eigenvalue weighted by molar-refractivity contribution is 0.949.